The summed E-state index contributed by atoms with van der Waals surface area (Å²) in [4.78, 5) is 3.97. The van der Waals surface area contributed by atoms with Gasteiger partial charge in [-0.2, -0.15) is 0 Å². The van der Waals surface area contributed by atoms with Crippen LogP contribution in [-0.4, -0.2) is 52.5 Å². The SMILES string of the molecule is CCOC1CC(NC(=NC)NCCS(=O)(=O)c2ccccc2F)C12CCCC2. The van der Waals surface area contributed by atoms with Crippen molar-refractivity contribution < 1.29 is 17.5 Å². The van der Waals surface area contributed by atoms with Crippen LogP contribution in [0.2, 0.25) is 0 Å². The highest BCUT2D eigenvalue weighted by molar-refractivity contribution is 7.91. The number of hydrogen-bond donors (Lipinski definition) is 2. The molecule has 0 aromatic heterocycles. The van der Waals surface area contributed by atoms with Gasteiger partial charge in [0.1, 0.15) is 10.7 Å². The molecule has 156 valence electrons. The van der Waals surface area contributed by atoms with Crippen LogP contribution in [0, 0.1) is 11.2 Å². The molecule has 0 heterocycles. The number of sulfone groups is 1. The van der Waals surface area contributed by atoms with E-state index in [-0.39, 0.29) is 34.8 Å². The minimum atomic E-state index is -3.69. The van der Waals surface area contributed by atoms with E-state index in [4.69, 9.17) is 4.74 Å². The van der Waals surface area contributed by atoms with Crippen molar-refractivity contribution in [2.75, 3.05) is 26.0 Å². The minimum absolute atomic E-state index is 0.158. The van der Waals surface area contributed by atoms with E-state index in [1.807, 2.05) is 6.92 Å². The maximum atomic E-state index is 13.8. The zero-order chi connectivity index (χ0) is 20.2. The molecule has 0 saturated heterocycles. The lowest BCUT2D eigenvalue weighted by atomic mass is 9.60. The van der Waals surface area contributed by atoms with Crippen LogP contribution in [0.3, 0.4) is 0 Å². The molecule has 2 N–H and O–H groups in total. The van der Waals surface area contributed by atoms with Gasteiger partial charge in [-0.05, 0) is 38.3 Å². The molecular formula is C20H30FN3O3S. The molecule has 28 heavy (non-hydrogen) atoms. The Balaban J connectivity index is 1.55. The Kier molecular flexibility index (Phi) is 6.60. The first-order valence-corrected chi connectivity index (χ1v) is 11.6. The molecule has 0 aliphatic heterocycles. The largest absolute Gasteiger partial charge is 0.378 e. The van der Waals surface area contributed by atoms with Crippen LogP contribution in [0.1, 0.15) is 39.0 Å². The predicted octanol–water partition coefficient (Wildman–Crippen LogP) is 2.50. The average Bonchev–Trinajstić information content (AvgIpc) is 3.19. The molecule has 0 bridgehead atoms. The summed E-state index contributed by atoms with van der Waals surface area (Å²) in [6.07, 6.45) is 5.95. The summed E-state index contributed by atoms with van der Waals surface area (Å²) >= 11 is 0. The second kappa shape index (κ2) is 8.78. The highest BCUT2D eigenvalue weighted by atomic mass is 32.2. The second-order valence-electron chi connectivity index (χ2n) is 7.57. The second-order valence-corrected chi connectivity index (χ2v) is 9.64. The lowest BCUT2D eigenvalue weighted by molar-refractivity contribution is -0.125. The van der Waals surface area contributed by atoms with Gasteiger partial charge in [0, 0.05) is 31.7 Å². The first kappa shape index (κ1) is 21.0. The summed E-state index contributed by atoms with van der Waals surface area (Å²) in [5, 5.41) is 6.52. The number of rotatable bonds is 7. The molecule has 6 nitrogen and oxygen atoms in total. The molecule has 2 fully saturated rings. The summed E-state index contributed by atoms with van der Waals surface area (Å²) in [5.74, 6) is -0.342. The van der Waals surface area contributed by atoms with Crippen molar-refractivity contribution in [3.8, 4) is 0 Å². The molecule has 1 aromatic carbocycles. The van der Waals surface area contributed by atoms with Gasteiger partial charge in [0.05, 0.1) is 11.9 Å². The van der Waals surface area contributed by atoms with Crippen molar-refractivity contribution in [3.63, 3.8) is 0 Å². The molecule has 1 aromatic rings. The van der Waals surface area contributed by atoms with Crippen molar-refractivity contribution in [3.05, 3.63) is 30.1 Å². The standard InChI is InChI=1S/C20H30FN3O3S/c1-3-27-18-14-17(20(18)10-6-7-11-20)24-19(22-2)23-12-13-28(25,26)16-9-5-4-8-15(16)21/h4-5,8-9,17-18H,3,6-7,10-14H2,1-2H3,(H2,22,23,24). The fourth-order valence-electron chi connectivity index (χ4n) is 4.56. The van der Waals surface area contributed by atoms with Gasteiger partial charge < -0.3 is 15.4 Å². The molecule has 1 spiro atoms. The maximum Gasteiger partial charge on any atom is 0.191 e. The number of guanidine groups is 1. The van der Waals surface area contributed by atoms with Gasteiger partial charge in [-0.25, -0.2) is 12.8 Å². The molecule has 0 radical (unpaired) electrons. The normalized spacial score (nSPS) is 24.2. The summed E-state index contributed by atoms with van der Waals surface area (Å²) < 4.78 is 44.5. The fourth-order valence-corrected chi connectivity index (χ4v) is 5.80. The van der Waals surface area contributed by atoms with Crippen LogP contribution in [0.5, 0.6) is 0 Å². The first-order chi connectivity index (χ1) is 13.4. The summed E-state index contributed by atoms with van der Waals surface area (Å²) in [5.41, 5.74) is 0.160. The minimum Gasteiger partial charge on any atom is -0.378 e. The van der Waals surface area contributed by atoms with E-state index in [0.29, 0.717) is 5.96 Å². The Morgan fingerprint density at radius 3 is 2.68 bits per heavy atom. The maximum absolute atomic E-state index is 13.8. The van der Waals surface area contributed by atoms with Gasteiger partial charge in [-0.3, -0.25) is 4.99 Å². The Morgan fingerprint density at radius 1 is 1.32 bits per heavy atom. The molecule has 3 rings (SSSR count). The summed E-state index contributed by atoms with van der Waals surface area (Å²) in [6.45, 7) is 2.91. The molecule has 2 aliphatic rings. The number of benzene rings is 1. The Morgan fingerprint density at radius 2 is 2.04 bits per heavy atom. The zero-order valence-electron chi connectivity index (χ0n) is 16.6. The van der Waals surface area contributed by atoms with Gasteiger partial charge in [-0.1, -0.05) is 25.0 Å². The number of nitrogens with zero attached hydrogens (tertiary/aromatic N) is 1. The predicted molar refractivity (Wildman–Crippen MR) is 108 cm³/mol. The molecule has 8 heteroatoms. The van der Waals surface area contributed by atoms with Gasteiger partial charge >= 0.3 is 0 Å². The number of ether oxygens (including phenoxy) is 1. The highest BCUT2D eigenvalue weighted by Crippen LogP contribution is 2.54. The molecule has 2 saturated carbocycles. The summed E-state index contributed by atoms with van der Waals surface area (Å²) in [7, 11) is -2.03. The van der Waals surface area contributed by atoms with E-state index >= 15 is 0 Å². The summed E-state index contributed by atoms with van der Waals surface area (Å²) in [6, 6.07) is 5.74. The van der Waals surface area contributed by atoms with Gasteiger partial charge in [0.25, 0.3) is 0 Å². The van der Waals surface area contributed by atoms with Gasteiger partial charge in [-0.15, -0.1) is 0 Å². The molecule has 2 unspecified atom stereocenters. The Bertz CT molecular complexity index is 807. The number of halogens is 1. The monoisotopic (exact) mass is 411 g/mol. The number of hydrogen-bond acceptors (Lipinski definition) is 4. The molecular weight excluding hydrogens is 381 g/mol. The smallest absolute Gasteiger partial charge is 0.191 e. The van der Waals surface area contributed by atoms with Crippen molar-refractivity contribution in [1.29, 1.82) is 0 Å². The quantitative estimate of drug-likeness (QED) is 0.532. The lowest BCUT2D eigenvalue weighted by Gasteiger charge is -2.54. The van der Waals surface area contributed by atoms with Crippen LogP contribution < -0.4 is 10.6 Å². The lowest BCUT2D eigenvalue weighted by Crippen LogP contribution is -2.65. The van der Waals surface area contributed by atoms with Crippen LogP contribution in [0.15, 0.2) is 34.2 Å². The topological polar surface area (TPSA) is 79.8 Å². The van der Waals surface area contributed by atoms with Crippen molar-refractivity contribution in [2.45, 2.75) is 56.1 Å². The van der Waals surface area contributed by atoms with E-state index in [1.54, 1.807) is 7.05 Å². The van der Waals surface area contributed by atoms with Crippen LogP contribution in [0.4, 0.5) is 4.39 Å². The molecule has 0 amide bonds. The third-order valence-electron chi connectivity index (χ3n) is 6.06. The third-order valence-corrected chi connectivity index (χ3v) is 7.80. The van der Waals surface area contributed by atoms with E-state index in [0.717, 1.165) is 31.9 Å². The van der Waals surface area contributed by atoms with Crippen molar-refractivity contribution >= 4 is 15.8 Å². The molecule has 2 atom stereocenters. The van der Waals surface area contributed by atoms with Crippen LogP contribution in [0.25, 0.3) is 0 Å². The van der Waals surface area contributed by atoms with Crippen molar-refractivity contribution in [1.82, 2.24) is 10.6 Å². The van der Waals surface area contributed by atoms with E-state index in [9.17, 15) is 12.8 Å². The van der Waals surface area contributed by atoms with E-state index in [1.165, 1.54) is 31.0 Å². The van der Waals surface area contributed by atoms with Gasteiger partial charge in [0.15, 0.2) is 15.8 Å². The first-order valence-electron chi connectivity index (χ1n) is 9.99. The van der Waals surface area contributed by atoms with Crippen LogP contribution >= 0.6 is 0 Å². The number of aliphatic imine (C=N–C) groups is 1. The highest BCUT2D eigenvalue weighted by Gasteiger charge is 2.56. The van der Waals surface area contributed by atoms with Gasteiger partial charge in [0.2, 0.25) is 0 Å². The van der Waals surface area contributed by atoms with E-state index in [2.05, 4.69) is 15.6 Å². The zero-order valence-corrected chi connectivity index (χ0v) is 17.4. The molecule has 2 aliphatic carbocycles. The Hall–Kier alpha value is -1.67. The van der Waals surface area contributed by atoms with E-state index < -0.39 is 15.7 Å². The number of nitrogens with one attached hydrogen (secondary N) is 2. The Labute approximate surface area is 166 Å². The fraction of sp³-hybridized carbons (Fsp3) is 0.650. The van der Waals surface area contributed by atoms with Crippen molar-refractivity contribution in [2.24, 2.45) is 10.4 Å². The average molecular weight is 412 g/mol. The van der Waals surface area contributed by atoms with Crippen LogP contribution in [-0.2, 0) is 14.6 Å². The third kappa shape index (κ3) is 4.17.